The molecular weight excluding hydrogens is 262 g/mol. The molecule has 3 heteroatoms. The number of rotatable bonds is 2. The maximum atomic E-state index is 10.2. The molecule has 1 aromatic heterocycles. The maximum Gasteiger partial charge on any atom is 0.123 e. The molecule has 0 atom stereocenters. The minimum atomic E-state index is 0.154. The number of nitrogens with zero attached hydrogens (tertiary/aromatic N) is 1. The van der Waals surface area contributed by atoms with Gasteiger partial charge < -0.3 is 10.2 Å². The summed E-state index contributed by atoms with van der Waals surface area (Å²) in [6.07, 6.45) is 7.91. The van der Waals surface area contributed by atoms with Crippen LogP contribution in [0.15, 0.2) is 72.1 Å². The maximum absolute atomic E-state index is 10.2. The highest BCUT2D eigenvalue weighted by Gasteiger charge is 2.18. The van der Waals surface area contributed by atoms with Gasteiger partial charge in [-0.15, -0.1) is 0 Å². The van der Waals surface area contributed by atoms with Crippen molar-refractivity contribution in [3.05, 3.63) is 83.4 Å². The Kier molecular flexibility index (Phi) is 3.56. The largest absolute Gasteiger partial charge is 0.507 e. The molecule has 1 heterocycles. The van der Waals surface area contributed by atoms with Gasteiger partial charge in [0.2, 0.25) is 0 Å². The monoisotopic (exact) mass is 277 g/mol. The third kappa shape index (κ3) is 2.72. The van der Waals surface area contributed by atoms with E-state index in [1.54, 1.807) is 30.5 Å². The lowest BCUT2D eigenvalue weighted by Gasteiger charge is -2.17. The van der Waals surface area contributed by atoms with E-state index in [9.17, 15) is 10.2 Å². The van der Waals surface area contributed by atoms with Crippen molar-refractivity contribution in [2.45, 2.75) is 6.42 Å². The second-order valence-corrected chi connectivity index (χ2v) is 4.81. The molecule has 0 amide bonds. The summed E-state index contributed by atoms with van der Waals surface area (Å²) in [6.45, 7) is 0. The Bertz CT molecular complexity index is 743. The van der Waals surface area contributed by atoms with Crippen LogP contribution in [-0.2, 0) is 0 Å². The molecule has 0 aliphatic heterocycles. The van der Waals surface area contributed by atoms with Gasteiger partial charge in [-0.2, -0.15) is 0 Å². The number of phenolic OH excluding ortho intramolecular Hbond substituents is 1. The van der Waals surface area contributed by atoms with Crippen molar-refractivity contribution in [3.8, 4) is 5.75 Å². The molecule has 1 aromatic carbocycles. The summed E-state index contributed by atoms with van der Waals surface area (Å²) in [6, 6.07) is 12.7. The van der Waals surface area contributed by atoms with Crippen LogP contribution in [0.3, 0.4) is 0 Å². The highest BCUT2D eigenvalue weighted by Crippen LogP contribution is 2.37. The zero-order valence-electron chi connectivity index (χ0n) is 11.4. The molecule has 1 aliphatic carbocycles. The zero-order valence-corrected chi connectivity index (χ0v) is 11.4. The molecule has 3 rings (SSSR count). The van der Waals surface area contributed by atoms with Gasteiger partial charge in [0.15, 0.2) is 0 Å². The number of benzene rings is 1. The highest BCUT2D eigenvalue weighted by molar-refractivity contribution is 5.89. The lowest BCUT2D eigenvalue weighted by Crippen LogP contribution is -1.99. The van der Waals surface area contributed by atoms with Crippen LogP contribution >= 0.6 is 0 Å². The van der Waals surface area contributed by atoms with Crippen molar-refractivity contribution in [1.29, 1.82) is 0 Å². The van der Waals surface area contributed by atoms with Crippen molar-refractivity contribution in [3.63, 3.8) is 0 Å². The van der Waals surface area contributed by atoms with Gasteiger partial charge in [0, 0.05) is 17.3 Å². The van der Waals surface area contributed by atoms with E-state index in [0.29, 0.717) is 17.6 Å². The number of allylic oxidation sites excluding steroid dienone is 4. The summed E-state index contributed by atoms with van der Waals surface area (Å²) in [5.41, 5.74) is 3.03. The van der Waals surface area contributed by atoms with Crippen LogP contribution in [0.25, 0.3) is 11.6 Å². The molecule has 1 aliphatic rings. The van der Waals surface area contributed by atoms with Crippen LogP contribution in [0.4, 0.5) is 0 Å². The Morgan fingerprint density at radius 3 is 2.57 bits per heavy atom. The predicted molar refractivity (Wildman–Crippen MR) is 83.6 cm³/mol. The average Bonchev–Trinajstić information content (AvgIpc) is 2.50. The van der Waals surface area contributed by atoms with Gasteiger partial charge in [0.05, 0.1) is 5.69 Å². The Labute approximate surface area is 123 Å². The first-order valence-electron chi connectivity index (χ1n) is 6.76. The van der Waals surface area contributed by atoms with E-state index in [1.807, 2.05) is 36.4 Å². The SMILES string of the molecule is OC1=C(c2ccccc2O)C(=Cc2ccccn2)CC=C1. The fourth-order valence-electron chi connectivity index (χ4n) is 2.41. The first-order valence-corrected chi connectivity index (χ1v) is 6.76. The van der Waals surface area contributed by atoms with Crippen molar-refractivity contribution < 1.29 is 10.2 Å². The van der Waals surface area contributed by atoms with E-state index in [4.69, 9.17) is 0 Å². The third-order valence-corrected chi connectivity index (χ3v) is 3.37. The van der Waals surface area contributed by atoms with E-state index in [2.05, 4.69) is 4.98 Å². The number of aromatic hydroxyl groups is 1. The van der Waals surface area contributed by atoms with Crippen LogP contribution < -0.4 is 0 Å². The normalized spacial score (nSPS) is 16.5. The van der Waals surface area contributed by atoms with Crippen molar-refractivity contribution in [2.24, 2.45) is 0 Å². The minimum Gasteiger partial charge on any atom is -0.507 e. The molecule has 0 fully saturated rings. The molecule has 0 saturated heterocycles. The standard InChI is InChI=1S/C18H15NO2/c20-16-9-2-1-8-15(16)18-13(6-5-10-17(18)21)12-14-7-3-4-11-19-14/h1-5,7-12,20-21H,6H2. The molecule has 0 spiro atoms. The molecule has 0 saturated carbocycles. The Hall–Kier alpha value is -2.81. The van der Waals surface area contributed by atoms with Crippen LogP contribution in [0, 0.1) is 0 Å². The van der Waals surface area contributed by atoms with E-state index in [1.165, 1.54) is 0 Å². The molecule has 3 nitrogen and oxygen atoms in total. The number of phenols is 1. The topological polar surface area (TPSA) is 53.4 Å². The highest BCUT2D eigenvalue weighted by atomic mass is 16.3. The molecule has 0 unspecified atom stereocenters. The quantitative estimate of drug-likeness (QED) is 0.869. The number of para-hydroxylation sites is 1. The Balaban J connectivity index is 2.12. The van der Waals surface area contributed by atoms with Gasteiger partial charge in [-0.3, -0.25) is 4.98 Å². The van der Waals surface area contributed by atoms with Crippen LogP contribution in [0.5, 0.6) is 5.75 Å². The fourth-order valence-corrected chi connectivity index (χ4v) is 2.41. The minimum absolute atomic E-state index is 0.154. The molecule has 21 heavy (non-hydrogen) atoms. The van der Waals surface area contributed by atoms with Gasteiger partial charge in [-0.05, 0) is 42.3 Å². The first kappa shape index (κ1) is 13.2. The summed E-state index contributed by atoms with van der Waals surface area (Å²) < 4.78 is 0. The van der Waals surface area contributed by atoms with Gasteiger partial charge in [-0.1, -0.05) is 30.3 Å². The number of aliphatic hydroxyl groups is 1. The number of aromatic nitrogens is 1. The van der Waals surface area contributed by atoms with Crippen LogP contribution in [0.2, 0.25) is 0 Å². The summed E-state index contributed by atoms with van der Waals surface area (Å²) in [7, 11) is 0. The molecule has 0 bridgehead atoms. The molecule has 2 aromatic rings. The predicted octanol–water partition coefficient (Wildman–Crippen LogP) is 4.10. The van der Waals surface area contributed by atoms with Crippen molar-refractivity contribution in [2.75, 3.05) is 0 Å². The average molecular weight is 277 g/mol. The first-order chi connectivity index (χ1) is 10.3. The lowest BCUT2D eigenvalue weighted by molar-refractivity contribution is 0.432. The summed E-state index contributed by atoms with van der Waals surface area (Å²) >= 11 is 0. The van der Waals surface area contributed by atoms with E-state index in [-0.39, 0.29) is 11.5 Å². The molecule has 0 radical (unpaired) electrons. The molecular formula is C18H15NO2. The Morgan fingerprint density at radius 2 is 1.81 bits per heavy atom. The zero-order chi connectivity index (χ0) is 14.7. The number of hydrogen-bond acceptors (Lipinski definition) is 3. The van der Waals surface area contributed by atoms with E-state index < -0.39 is 0 Å². The molecule has 2 N–H and O–H groups in total. The van der Waals surface area contributed by atoms with Gasteiger partial charge in [-0.25, -0.2) is 0 Å². The van der Waals surface area contributed by atoms with Crippen LogP contribution in [0.1, 0.15) is 17.7 Å². The second kappa shape index (κ2) is 5.67. The van der Waals surface area contributed by atoms with Gasteiger partial charge in [0.25, 0.3) is 0 Å². The number of pyridine rings is 1. The molecule has 104 valence electrons. The summed E-state index contributed by atoms with van der Waals surface area (Å²) in [5.74, 6) is 0.311. The smallest absolute Gasteiger partial charge is 0.123 e. The lowest BCUT2D eigenvalue weighted by atomic mass is 9.89. The summed E-state index contributed by atoms with van der Waals surface area (Å²) in [5, 5.41) is 20.3. The van der Waals surface area contributed by atoms with Crippen LogP contribution in [-0.4, -0.2) is 15.2 Å². The van der Waals surface area contributed by atoms with Gasteiger partial charge in [0.1, 0.15) is 11.5 Å². The van der Waals surface area contributed by atoms with E-state index >= 15 is 0 Å². The number of aliphatic hydroxyl groups excluding tert-OH is 1. The Morgan fingerprint density at radius 1 is 1.00 bits per heavy atom. The van der Waals surface area contributed by atoms with E-state index in [0.717, 1.165) is 11.3 Å². The van der Waals surface area contributed by atoms with Gasteiger partial charge >= 0.3 is 0 Å². The van der Waals surface area contributed by atoms with Crippen molar-refractivity contribution >= 4 is 11.6 Å². The second-order valence-electron chi connectivity index (χ2n) is 4.81. The number of hydrogen-bond donors (Lipinski definition) is 2. The third-order valence-electron chi connectivity index (χ3n) is 3.37. The summed E-state index contributed by atoms with van der Waals surface area (Å²) in [4.78, 5) is 4.28. The van der Waals surface area contributed by atoms with Crippen molar-refractivity contribution in [1.82, 2.24) is 4.98 Å². The fraction of sp³-hybridized carbons (Fsp3) is 0.0556.